The Morgan fingerprint density at radius 3 is 2.84 bits per heavy atom. The summed E-state index contributed by atoms with van der Waals surface area (Å²) in [5, 5.41) is 4.98. The normalized spacial score (nSPS) is 10.4. The molecule has 0 aliphatic carbocycles. The van der Waals surface area contributed by atoms with Crippen molar-refractivity contribution in [3.05, 3.63) is 32.6 Å². The molecular weight excluding hydrogens is 264 g/mol. The second-order valence-corrected chi connectivity index (χ2v) is 4.81. The number of H-pyrrole nitrogens is 1. The summed E-state index contributed by atoms with van der Waals surface area (Å²) in [5.74, 6) is 6.80. The van der Waals surface area contributed by atoms with Crippen LogP contribution in [-0.2, 0) is 13.0 Å². The molecule has 2 aromatic heterocycles. The summed E-state index contributed by atoms with van der Waals surface area (Å²) < 4.78 is 0. The SMILES string of the molecule is CCCc1c(NN)ncnc1NCc1csc(=O)[nH]1. The van der Waals surface area contributed by atoms with Gasteiger partial charge in [-0.2, -0.15) is 0 Å². The van der Waals surface area contributed by atoms with Crippen LogP contribution in [0.4, 0.5) is 11.6 Å². The molecule has 0 fully saturated rings. The quantitative estimate of drug-likeness (QED) is 0.465. The van der Waals surface area contributed by atoms with Crippen molar-refractivity contribution in [2.75, 3.05) is 10.7 Å². The van der Waals surface area contributed by atoms with Gasteiger partial charge in [-0.05, 0) is 6.42 Å². The maximum absolute atomic E-state index is 11.1. The third kappa shape index (κ3) is 3.30. The fourth-order valence-corrected chi connectivity index (χ4v) is 2.34. The summed E-state index contributed by atoms with van der Waals surface area (Å²) in [6, 6.07) is 0. The molecule has 0 bridgehead atoms. The standard InChI is InChI=1S/C11H16N6OS/c1-2-3-8-9(14-6-15-10(8)17-12)13-4-7-5-19-11(18)16-7/h5-6H,2-4,12H2,1H3,(H,16,18)(H2,13,14,15,17). The molecule has 0 saturated carbocycles. The molecule has 0 aliphatic rings. The van der Waals surface area contributed by atoms with E-state index in [2.05, 4.69) is 32.6 Å². The fraction of sp³-hybridized carbons (Fsp3) is 0.364. The van der Waals surface area contributed by atoms with Crippen LogP contribution in [0, 0.1) is 0 Å². The van der Waals surface area contributed by atoms with Crippen LogP contribution in [0.5, 0.6) is 0 Å². The van der Waals surface area contributed by atoms with Gasteiger partial charge in [-0.15, -0.1) is 0 Å². The Balaban J connectivity index is 2.16. The molecule has 0 radical (unpaired) electrons. The zero-order valence-electron chi connectivity index (χ0n) is 10.6. The zero-order chi connectivity index (χ0) is 13.7. The van der Waals surface area contributed by atoms with E-state index in [9.17, 15) is 4.79 Å². The Bertz CT molecular complexity index is 593. The van der Waals surface area contributed by atoms with Gasteiger partial charge in [-0.1, -0.05) is 24.7 Å². The van der Waals surface area contributed by atoms with Crippen molar-refractivity contribution in [3.63, 3.8) is 0 Å². The van der Waals surface area contributed by atoms with Gasteiger partial charge in [0.25, 0.3) is 0 Å². The molecule has 0 spiro atoms. The number of anilines is 2. The lowest BCUT2D eigenvalue weighted by molar-refractivity contribution is 0.894. The van der Waals surface area contributed by atoms with Crippen molar-refractivity contribution in [1.82, 2.24) is 15.0 Å². The third-order valence-electron chi connectivity index (χ3n) is 2.60. The molecule has 2 rings (SSSR count). The van der Waals surface area contributed by atoms with Crippen LogP contribution in [0.3, 0.4) is 0 Å². The van der Waals surface area contributed by atoms with Crippen molar-refractivity contribution in [2.24, 2.45) is 5.84 Å². The van der Waals surface area contributed by atoms with Crippen molar-refractivity contribution in [2.45, 2.75) is 26.3 Å². The van der Waals surface area contributed by atoms with Crippen molar-refractivity contribution >= 4 is 23.0 Å². The second kappa shape index (κ2) is 6.30. The predicted molar refractivity (Wildman–Crippen MR) is 76.1 cm³/mol. The van der Waals surface area contributed by atoms with E-state index in [4.69, 9.17) is 5.84 Å². The van der Waals surface area contributed by atoms with Gasteiger partial charge in [0.05, 0.1) is 6.54 Å². The Morgan fingerprint density at radius 2 is 2.21 bits per heavy atom. The van der Waals surface area contributed by atoms with E-state index in [1.165, 1.54) is 6.33 Å². The zero-order valence-corrected chi connectivity index (χ0v) is 11.4. The van der Waals surface area contributed by atoms with Crippen LogP contribution in [-0.4, -0.2) is 15.0 Å². The average Bonchev–Trinajstić information content (AvgIpc) is 2.83. The lowest BCUT2D eigenvalue weighted by Gasteiger charge is -2.12. The van der Waals surface area contributed by atoms with Gasteiger partial charge in [0.2, 0.25) is 0 Å². The second-order valence-electron chi connectivity index (χ2n) is 3.97. The van der Waals surface area contributed by atoms with Crippen LogP contribution in [0.2, 0.25) is 0 Å². The third-order valence-corrected chi connectivity index (χ3v) is 3.32. The lowest BCUT2D eigenvalue weighted by Crippen LogP contribution is -2.14. The number of rotatable bonds is 6. The molecule has 0 unspecified atom stereocenters. The molecule has 0 saturated heterocycles. The minimum atomic E-state index is -0.0578. The van der Waals surface area contributed by atoms with Gasteiger partial charge in [0.1, 0.15) is 18.0 Å². The number of nitrogens with two attached hydrogens (primary N) is 1. The van der Waals surface area contributed by atoms with E-state index < -0.39 is 0 Å². The van der Waals surface area contributed by atoms with Gasteiger partial charge in [-0.25, -0.2) is 15.8 Å². The predicted octanol–water partition coefficient (Wildman–Crippen LogP) is 1.08. The van der Waals surface area contributed by atoms with E-state index >= 15 is 0 Å². The summed E-state index contributed by atoms with van der Waals surface area (Å²) in [7, 11) is 0. The van der Waals surface area contributed by atoms with E-state index in [0.717, 1.165) is 41.3 Å². The smallest absolute Gasteiger partial charge is 0.304 e. The largest absolute Gasteiger partial charge is 0.364 e. The maximum Gasteiger partial charge on any atom is 0.304 e. The number of aromatic nitrogens is 3. The number of hydrogen-bond donors (Lipinski definition) is 4. The molecule has 5 N–H and O–H groups in total. The molecule has 0 aliphatic heterocycles. The molecule has 0 aromatic carbocycles. The molecule has 8 heteroatoms. The number of nitrogens with zero attached hydrogens (tertiary/aromatic N) is 2. The molecule has 7 nitrogen and oxygen atoms in total. The maximum atomic E-state index is 11.1. The van der Waals surface area contributed by atoms with Crippen LogP contribution < -0.4 is 21.5 Å². The molecule has 0 amide bonds. The van der Waals surface area contributed by atoms with E-state index in [-0.39, 0.29) is 4.87 Å². The Hall–Kier alpha value is -1.93. The summed E-state index contributed by atoms with van der Waals surface area (Å²) in [5.41, 5.74) is 4.36. The first kappa shape index (κ1) is 13.5. The number of nitrogens with one attached hydrogen (secondary N) is 3. The van der Waals surface area contributed by atoms with E-state index in [1.54, 1.807) is 5.38 Å². The first-order chi connectivity index (χ1) is 9.24. The van der Waals surface area contributed by atoms with Crippen molar-refractivity contribution < 1.29 is 0 Å². The highest BCUT2D eigenvalue weighted by atomic mass is 32.1. The first-order valence-corrected chi connectivity index (χ1v) is 6.83. The average molecular weight is 280 g/mol. The summed E-state index contributed by atoms with van der Waals surface area (Å²) in [6.07, 6.45) is 3.24. The molecule has 19 heavy (non-hydrogen) atoms. The van der Waals surface area contributed by atoms with Gasteiger partial charge in [0, 0.05) is 16.6 Å². The van der Waals surface area contributed by atoms with Gasteiger partial charge in [-0.3, -0.25) is 4.79 Å². The van der Waals surface area contributed by atoms with Gasteiger partial charge >= 0.3 is 4.87 Å². The monoisotopic (exact) mass is 280 g/mol. The van der Waals surface area contributed by atoms with Crippen molar-refractivity contribution in [1.29, 1.82) is 0 Å². The van der Waals surface area contributed by atoms with Gasteiger partial charge in [0.15, 0.2) is 0 Å². The Kier molecular flexibility index (Phi) is 4.48. The van der Waals surface area contributed by atoms with E-state index in [0.29, 0.717) is 12.4 Å². The molecule has 0 atom stereocenters. The van der Waals surface area contributed by atoms with Crippen LogP contribution >= 0.6 is 11.3 Å². The number of thiazole rings is 1. The highest BCUT2D eigenvalue weighted by Crippen LogP contribution is 2.21. The van der Waals surface area contributed by atoms with Crippen LogP contribution in [0.25, 0.3) is 0 Å². The molecule has 2 aromatic rings. The van der Waals surface area contributed by atoms with Crippen LogP contribution in [0.1, 0.15) is 24.6 Å². The first-order valence-electron chi connectivity index (χ1n) is 5.95. The van der Waals surface area contributed by atoms with Gasteiger partial charge < -0.3 is 15.7 Å². The highest BCUT2D eigenvalue weighted by Gasteiger charge is 2.10. The fourth-order valence-electron chi connectivity index (χ4n) is 1.76. The Morgan fingerprint density at radius 1 is 1.42 bits per heavy atom. The lowest BCUT2D eigenvalue weighted by atomic mass is 10.1. The minimum absolute atomic E-state index is 0.0578. The van der Waals surface area contributed by atoms with Crippen molar-refractivity contribution in [3.8, 4) is 0 Å². The molecular formula is C11H16N6OS. The van der Waals surface area contributed by atoms with Crippen LogP contribution in [0.15, 0.2) is 16.5 Å². The number of aromatic amines is 1. The number of nitrogen functional groups attached to an aromatic ring is 1. The molecule has 2 heterocycles. The topological polar surface area (TPSA) is 109 Å². The summed E-state index contributed by atoms with van der Waals surface area (Å²) >= 11 is 1.15. The Labute approximate surface area is 114 Å². The molecule has 102 valence electrons. The highest BCUT2D eigenvalue weighted by molar-refractivity contribution is 7.07. The summed E-state index contributed by atoms with van der Waals surface area (Å²) in [6.45, 7) is 2.59. The number of hydrogen-bond acceptors (Lipinski definition) is 7. The summed E-state index contributed by atoms with van der Waals surface area (Å²) in [4.78, 5) is 22.1. The number of hydrazine groups is 1. The van der Waals surface area contributed by atoms with E-state index in [1.807, 2.05) is 0 Å². The minimum Gasteiger partial charge on any atom is -0.364 e.